The van der Waals surface area contributed by atoms with E-state index < -0.39 is 12.0 Å². The Labute approximate surface area is 82.4 Å². The Morgan fingerprint density at radius 1 is 1.43 bits per heavy atom. The van der Waals surface area contributed by atoms with Gasteiger partial charge in [-0.2, -0.15) is 5.06 Å². The van der Waals surface area contributed by atoms with E-state index in [1.165, 1.54) is 7.05 Å². The number of carboxylic acid groups (broad SMARTS) is 1. The van der Waals surface area contributed by atoms with E-state index in [1.54, 1.807) is 0 Å². The summed E-state index contributed by atoms with van der Waals surface area (Å²) in [6.45, 7) is 0. The predicted octanol–water partition coefficient (Wildman–Crippen LogP) is 1.00. The average Bonchev–Trinajstić information content (AvgIpc) is 2.15. The first-order valence-electron chi connectivity index (χ1n) is 4.29. The van der Waals surface area contributed by atoms with Crippen molar-refractivity contribution in [1.29, 1.82) is 0 Å². The van der Waals surface area contributed by atoms with Crippen LogP contribution in [0.25, 0.3) is 0 Å². The molecule has 1 rings (SSSR count). The number of rotatable bonds is 4. The average molecular weight is 195 g/mol. The number of hydrogen-bond donors (Lipinski definition) is 2. The first-order chi connectivity index (χ1) is 6.61. The number of hydrogen-bond acceptors (Lipinski definition) is 3. The van der Waals surface area contributed by atoms with Crippen molar-refractivity contribution in [2.45, 2.75) is 12.5 Å². The predicted molar refractivity (Wildman–Crippen MR) is 51.1 cm³/mol. The van der Waals surface area contributed by atoms with Crippen LogP contribution in [-0.4, -0.2) is 34.4 Å². The molecule has 1 aromatic carbocycles. The summed E-state index contributed by atoms with van der Waals surface area (Å²) >= 11 is 0. The van der Waals surface area contributed by atoms with E-state index in [2.05, 4.69) is 0 Å². The first-order valence-corrected chi connectivity index (χ1v) is 4.29. The fourth-order valence-electron chi connectivity index (χ4n) is 1.22. The Kier molecular flexibility index (Phi) is 3.62. The zero-order valence-electron chi connectivity index (χ0n) is 7.92. The van der Waals surface area contributed by atoms with Crippen LogP contribution in [0.1, 0.15) is 5.56 Å². The molecular formula is C10H13NO3. The quantitative estimate of drug-likeness (QED) is 0.704. The molecule has 0 aromatic heterocycles. The Morgan fingerprint density at radius 3 is 2.43 bits per heavy atom. The fraction of sp³-hybridized carbons (Fsp3) is 0.300. The molecule has 0 fully saturated rings. The van der Waals surface area contributed by atoms with Crippen molar-refractivity contribution in [1.82, 2.24) is 5.06 Å². The molecule has 1 aromatic rings. The molecule has 0 unspecified atom stereocenters. The maximum atomic E-state index is 10.7. The van der Waals surface area contributed by atoms with E-state index in [4.69, 9.17) is 10.3 Å². The molecule has 1 atom stereocenters. The second-order valence-corrected chi connectivity index (χ2v) is 3.12. The van der Waals surface area contributed by atoms with Gasteiger partial charge < -0.3 is 10.3 Å². The van der Waals surface area contributed by atoms with Crippen molar-refractivity contribution < 1.29 is 15.1 Å². The minimum absolute atomic E-state index is 0.295. The summed E-state index contributed by atoms with van der Waals surface area (Å²) < 4.78 is 0. The number of aliphatic carboxylic acids is 1. The van der Waals surface area contributed by atoms with Crippen LogP contribution in [0.5, 0.6) is 0 Å². The minimum Gasteiger partial charge on any atom is -0.480 e. The van der Waals surface area contributed by atoms with Gasteiger partial charge in [0.1, 0.15) is 6.04 Å². The van der Waals surface area contributed by atoms with Crippen molar-refractivity contribution in [3.05, 3.63) is 35.9 Å². The van der Waals surface area contributed by atoms with E-state index in [9.17, 15) is 4.79 Å². The molecular weight excluding hydrogens is 182 g/mol. The normalized spacial score (nSPS) is 12.8. The van der Waals surface area contributed by atoms with Crippen LogP contribution in [0.4, 0.5) is 0 Å². The number of likely N-dealkylation sites (N-methyl/N-ethyl adjacent to an activating group) is 1. The van der Waals surface area contributed by atoms with E-state index >= 15 is 0 Å². The third-order valence-electron chi connectivity index (χ3n) is 2.01. The molecule has 0 aliphatic heterocycles. The highest BCUT2D eigenvalue weighted by atomic mass is 16.5. The van der Waals surface area contributed by atoms with Crippen molar-refractivity contribution in [2.75, 3.05) is 7.05 Å². The standard InChI is InChI=1S/C10H13NO3/c1-11(14)9(10(12)13)7-8-5-3-2-4-6-8/h2-6,9,14H,7H2,1H3,(H,12,13)/t9-/m0/s1. The van der Waals surface area contributed by atoms with Gasteiger partial charge in [0, 0.05) is 13.5 Å². The van der Waals surface area contributed by atoms with E-state index in [0.717, 1.165) is 10.6 Å². The molecule has 4 heteroatoms. The molecule has 0 aliphatic carbocycles. The lowest BCUT2D eigenvalue weighted by Gasteiger charge is -2.17. The summed E-state index contributed by atoms with van der Waals surface area (Å²) in [5.41, 5.74) is 0.890. The molecule has 0 radical (unpaired) electrons. The highest BCUT2D eigenvalue weighted by Gasteiger charge is 2.21. The largest absolute Gasteiger partial charge is 0.480 e. The highest BCUT2D eigenvalue weighted by molar-refractivity contribution is 5.73. The summed E-state index contributed by atoms with van der Waals surface area (Å²) in [6, 6.07) is 8.32. The van der Waals surface area contributed by atoms with Gasteiger partial charge in [-0.25, -0.2) is 0 Å². The molecule has 0 saturated carbocycles. The van der Waals surface area contributed by atoms with Crippen LogP contribution in [0.2, 0.25) is 0 Å². The maximum Gasteiger partial charge on any atom is 0.323 e. The van der Waals surface area contributed by atoms with Crippen molar-refractivity contribution in [3.8, 4) is 0 Å². The topological polar surface area (TPSA) is 60.8 Å². The van der Waals surface area contributed by atoms with Gasteiger partial charge in [-0.15, -0.1) is 0 Å². The van der Waals surface area contributed by atoms with Crippen molar-refractivity contribution >= 4 is 5.97 Å². The molecule has 4 nitrogen and oxygen atoms in total. The SMILES string of the molecule is CN(O)[C@@H](Cc1ccccc1)C(=O)O. The van der Waals surface area contributed by atoms with Gasteiger partial charge in [0.2, 0.25) is 0 Å². The second-order valence-electron chi connectivity index (χ2n) is 3.12. The Bertz CT molecular complexity index is 297. The van der Waals surface area contributed by atoms with E-state index in [1.807, 2.05) is 30.3 Å². The Hall–Kier alpha value is -1.39. The number of carbonyl (C=O) groups is 1. The summed E-state index contributed by atoms with van der Waals surface area (Å²) in [5.74, 6) is -1.03. The Morgan fingerprint density at radius 2 is 2.00 bits per heavy atom. The smallest absolute Gasteiger partial charge is 0.323 e. The molecule has 0 spiro atoms. The molecule has 14 heavy (non-hydrogen) atoms. The lowest BCUT2D eigenvalue weighted by atomic mass is 10.1. The molecule has 0 heterocycles. The molecule has 76 valence electrons. The Balaban J connectivity index is 2.70. The minimum atomic E-state index is -1.03. The molecule has 2 N–H and O–H groups in total. The zero-order valence-corrected chi connectivity index (χ0v) is 7.92. The molecule has 0 saturated heterocycles. The summed E-state index contributed by atoms with van der Waals surface area (Å²) in [7, 11) is 1.34. The summed E-state index contributed by atoms with van der Waals surface area (Å²) in [6.07, 6.45) is 0.295. The van der Waals surface area contributed by atoms with E-state index in [-0.39, 0.29) is 0 Å². The van der Waals surface area contributed by atoms with Crippen LogP contribution in [-0.2, 0) is 11.2 Å². The molecule has 0 amide bonds. The summed E-state index contributed by atoms with van der Waals surface area (Å²) in [4.78, 5) is 10.7. The van der Waals surface area contributed by atoms with Crippen molar-refractivity contribution in [2.24, 2.45) is 0 Å². The zero-order chi connectivity index (χ0) is 10.6. The van der Waals surface area contributed by atoms with Crippen LogP contribution < -0.4 is 0 Å². The lowest BCUT2D eigenvalue weighted by Crippen LogP contribution is -2.37. The van der Waals surface area contributed by atoms with Gasteiger partial charge in [-0.05, 0) is 5.56 Å². The van der Waals surface area contributed by atoms with Crippen LogP contribution in [0.15, 0.2) is 30.3 Å². The third-order valence-corrected chi connectivity index (χ3v) is 2.01. The molecule has 0 bridgehead atoms. The lowest BCUT2D eigenvalue weighted by molar-refractivity contribution is -0.162. The van der Waals surface area contributed by atoms with Gasteiger partial charge in [-0.1, -0.05) is 30.3 Å². The first kappa shape index (κ1) is 10.7. The van der Waals surface area contributed by atoms with Gasteiger partial charge in [-0.3, -0.25) is 4.79 Å². The van der Waals surface area contributed by atoms with Gasteiger partial charge in [0.25, 0.3) is 0 Å². The summed E-state index contributed by atoms with van der Waals surface area (Å²) in [5, 5.41) is 18.6. The number of hydroxylamine groups is 2. The highest BCUT2D eigenvalue weighted by Crippen LogP contribution is 2.06. The number of benzene rings is 1. The molecule has 0 aliphatic rings. The maximum absolute atomic E-state index is 10.7. The van der Waals surface area contributed by atoms with Crippen LogP contribution >= 0.6 is 0 Å². The third kappa shape index (κ3) is 2.83. The second kappa shape index (κ2) is 4.74. The van der Waals surface area contributed by atoms with Crippen LogP contribution in [0.3, 0.4) is 0 Å². The fourth-order valence-corrected chi connectivity index (χ4v) is 1.22. The number of nitrogens with zero attached hydrogens (tertiary/aromatic N) is 1. The van der Waals surface area contributed by atoms with Gasteiger partial charge in [0.05, 0.1) is 0 Å². The van der Waals surface area contributed by atoms with E-state index in [0.29, 0.717) is 6.42 Å². The van der Waals surface area contributed by atoms with Crippen LogP contribution in [0, 0.1) is 0 Å². The number of carboxylic acids is 1. The van der Waals surface area contributed by atoms with Gasteiger partial charge >= 0.3 is 5.97 Å². The van der Waals surface area contributed by atoms with Gasteiger partial charge in [0.15, 0.2) is 0 Å². The monoisotopic (exact) mass is 195 g/mol. The van der Waals surface area contributed by atoms with Crippen molar-refractivity contribution in [3.63, 3.8) is 0 Å².